The molecule has 0 N–H and O–H groups in total. The molecule has 0 aromatic rings. The molecular formula is C6H7F2NO2. The standard InChI is InChI=1S/C6H7F2NO2/c7-6(8)3-1-2-5(4-6)9(10)11/h4H,1-3H2. The van der Waals surface area contributed by atoms with Crippen molar-refractivity contribution in [2.75, 3.05) is 0 Å². The predicted molar refractivity (Wildman–Crippen MR) is 33.9 cm³/mol. The second-order valence-electron chi connectivity index (χ2n) is 2.51. The molecule has 0 unspecified atom stereocenters. The molecule has 0 aromatic heterocycles. The lowest BCUT2D eigenvalue weighted by molar-refractivity contribution is -0.430. The van der Waals surface area contributed by atoms with Gasteiger partial charge in [-0.15, -0.1) is 0 Å². The van der Waals surface area contributed by atoms with Crippen LogP contribution >= 0.6 is 0 Å². The van der Waals surface area contributed by atoms with Crippen molar-refractivity contribution in [3.63, 3.8) is 0 Å². The lowest BCUT2D eigenvalue weighted by Crippen LogP contribution is -2.19. The summed E-state index contributed by atoms with van der Waals surface area (Å²) >= 11 is 0. The molecule has 1 rings (SSSR count). The highest BCUT2D eigenvalue weighted by Crippen LogP contribution is 2.30. The fourth-order valence-corrected chi connectivity index (χ4v) is 1.04. The lowest BCUT2D eigenvalue weighted by atomic mass is 10.0. The normalized spacial score (nSPS) is 22.5. The van der Waals surface area contributed by atoms with E-state index in [1.54, 1.807) is 0 Å². The molecule has 0 fully saturated rings. The van der Waals surface area contributed by atoms with Crippen LogP contribution in [0.3, 0.4) is 0 Å². The number of rotatable bonds is 1. The Morgan fingerprint density at radius 1 is 1.64 bits per heavy atom. The second-order valence-corrected chi connectivity index (χ2v) is 2.51. The van der Waals surface area contributed by atoms with Crippen molar-refractivity contribution in [2.24, 2.45) is 0 Å². The van der Waals surface area contributed by atoms with Crippen LogP contribution < -0.4 is 0 Å². The Kier molecular flexibility index (Phi) is 1.89. The number of allylic oxidation sites excluding steroid dienone is 2. The molecule has 1 aliphatic carbocycles. The third kappa shape index (κ3) is 1.96. The molecule has 11 heavy (non-hydrogen) atoms. The summed E-state index contributed by atoms with van der Waals surface area (Å²) in [6, 6.07) is 0. The van der Waals surface area contributed by atoms with Gasteiger partial charge < -0.3 is 0 Å². The molecular weight excluding hydrogens is 156 g/mol. The van der Waals surface area contributed by atoms with Crippen LogP contribution in [0.4, 0.5) is 8.78 Å². The van der Waals surface area contributed by atoms with E-state index < -0.39 is 10.8 Å². The van der Waals surface area contributed by atoms with Crippen molar-refractivity contribution in [1.29, 1.82) is 0 Å². The van der Waals surface area contributed by atoms with E-state index in [2.05, 4.69) is 0 Å². The average molecular weight is 163 g/mol. The van der Waals surface area contributed by atoms with Crippen molar-refractivity contribution >= 4 is 0 Å². The zero-order chi connectivity index (χ0) is 8.48. The molecule has 0 spiro atoms. The Hall–Kier alpha value is -1.00. The minimum absolute atomic E-state index is 0.155. The summed E-state index contributed by atoms with van der Waals surface area (Å²) in [5.74, 6) is -2.97. The van der Waals surface area contributed by atoms with Gasteiger partial charge in [-0.2, -0.15) is 0 Å². The largest absolute Gasteiger partial charge is 0.272 e. The summed E-state index contributed by atoms with van der Waals surface area (Å²) in [6.45, 7) is 0. The Labute approximate surface area is 61.9 Å². The molecule has 3 nitrogen and oxygen atoms in total. The Balaban J connectivity index is 2.81. The molecule has 0 amide bonds. The minimum Gasteiger partial charge on any atom is -0.259 e. The summed E-state index contributed by atoms with van der Waals surface area (Å²) in [6.07, 6.45) is 0.531. The van der Waals surface area contributed by atoms with Gasteiger partial charge in [0.2, 0.25) is 5.70 Å². The van der Waals surface area contributed by atoms with Crippen molar-refractivity contribution in [3.8, 4) is 0 Å². The maximum atomic E-state index is 12.4. The third-order valence-corrected chi connectivity index (χ3v) is 1.56. The van der Waals surface area contributed by atoms with Crippen LogP contribution in [-0.4, -0.2) is 10.8 Å². The van der Waals surface area contributed by atoms with Crippen LogP contribution in [0, 0.1) is 10.1 Å². The molecule has 0 aliphatic heterocycles. The molecule has 0 atom stereocenters. The number of alkyl halides is 2. The summed E-state index contributed by atoms with van der Waals surface area (Å²) < 4.78 is 24.9. The molecule has 5 heteroatoms. The van der Waals surface area contributed by atoms with Gasteiger partial charge >= 0.3 is 0 Å². The number of halogens is 2. The molecule has 0 saturated carbocycles. The summed E-state index contributed by atoms with van der Waals surface area (Å²) in [7, 11) is 0. The van der Waals surface area contributed by atoms with Gasteiger partial charge in [0.05, 0.1) is 11.0 Å². The van der Waals surface area contributed by atoms with E-state index in [1.807, 2.05) is 0 Å². The van der Waals surface area contributed by atoms with Crippen molar-refractivity contribution in [2.45, 2.75) is 25.2 Å². The molecule has 0 aromatic carbocycles. The Morgan fingerprint density at radius 3 is 2.64 bits per heavy atom. The Bertz CT molecular complexity index is 213. The highest BCUT2D eigenvalue weighted by Gasteiger charge is 2.34. The quantitative estimate of drug-likeness (QED) is 0.438. The van der Waals surface area contributed by atoms with E-state index in [0.717, 1.165) is 0 Å². The molecule has 1 aliphatic rings. The fraction of sp³-hybridized carbons (Fsp3) is 0.667. The predicted octanol–water partition coefficient (Wildman–Crippen LogP) is 1.97. The maximum absolute atomic E-state index is 12.4. The van der Waals surface area contributed by atoms with Gasteiger partial charge in [0.15, 0.2) is 0 Å². The van der Waals surface area contributed by atoms with Gasteiger partial charge in [-0.05, 0) is 6.42 Å². The first-order chi connectivity index (χ1) is 5.01. The summed E-state index contributed by atoms with van der Waals surface area (Å²) in [5.41, 5.74) is -0.360. The molecule has 62 valence electrons. The van der Waals surface area contributed by atoms with Gasteiger partial charge in [0.1, 0.15) is 0 Å². The second kappa shape index (κ2) is 2.56. The first-order valence-electron chi connectivity index (χ1n) is 3.25. The summed E-state index contributed by atoms with van der Waals surface area (Å²) in [4.78, 5) is 9.30. The van der Waals surface area contributed by atoms with Crippen LogP contribution in [0.25, 0.3) is 0 Å². The topological polar surface area (TPSA) is 43.1 Å². The van der Waals surface area contributed by atoms with Gasteiger partial charge in [0.25, 0.3) is 5.92 Å². The van der Waals surface area contributed by atoms with Crippen LogP contribution in [0.2, 0.25) is 0 Å². The number of nitro groups is 1. The number of nitrogens with zero attached hydrogens (tertiary/aromatic N) is 1. The van der Waals surface area contributed by atoms with Gasteiger partial charge in [-0.1, -0.05) is 0 Å². The lowest BCUT2D eigenvalue weighted by Gasteiger charge is -2.15. The van der Waals surface area contributed by atoms with E-state index in [9.17, 15) is 18.9 Å². The van der Waals surface area contributed by atoms with Crippen molar-refractivity contribution < 1.29 is 13.7 Å². The maximum Gasteiger partial charge on any atom is 0.272 e. The first kappa shape index (κ1) is 8.10. The zero-order valence-electron chi connectivity index (χ0n) is 5.72. The fourth-order valence-electron chi connectivity index (χ4n) is 1.04. The van der Waals surface area contributed by atoms with E-state index >= 15 is 0 Å². The highest BCUT2D eigenvalue weighted by molar-refractivity contribution is 5.04. The summed E-state index contributed by atoms with van der Waals surface area (Å²) in [5, 5.41) is 10.0. The van der Waals surface area contributed by atoms with Crippen molar-refractivity contribution in [3.05, 3.63) is 21.9 Å². The highest BCUT2D eigenvalue weighted by atomic mass is 19.3. The molecule has 0 bridgehead atoms. The first-order valence-corrected chi connectivity index (χ1v) is 3.25. The number of hydrogen-bond donors (Lipinski definition) is 0. The van der Waals surface area contributed by atoms with Crippen LogP contribution in [-0.2, 0) is 0 Å². The van der Waals surface area contributed by atoms with E-state index in [4.69, 9.17) is 0 Å². The van der Waals surface area contributed by atoms with E-state index in [-0.39, 0.29) is 25.0 Å². The van der Waals surface area contributed by atoms with E-state index in [1.165, 1.54) is 0 Å². The van der Waals surface area contributed by atoms with Gasteiger partial charge in [-0.25, -0.2) is 8.78 Å². The molecule has 0 heterocycles. The molecule has 0 saturated heterocycles. The zero-order valence-corrected chi connectivity index (χ0v) is 5.72. The SMILES string of the molecule is O=[N+]([O-])C1=CC(F)(F)CCC1. The van der Waals surface area contributed by atoms with Crippen LogP contribution in [0.15, 0.2) is 11.8 Å². The monoisotopic (exact) mass is 163 g/mol. The van der Waals surface area contributed by atoms with Crippen molar-refractivity contribution in [1.82, 2.24) is 0 Å². The third-order valence-electron chi connectivity index (χ3n) is 1.56. The minimum atomic E-state index is -2.97. The smallest absolute Gasteiger partial charge is 0.259 e. The number of hydrogen-bond acceptors (Lipinski definition) is 2. The van der Waals surface area contributed by atoms with Crippen LogP contribution in [0.1, 0.15) is 19.3 Å². The Morgan fingerprint density at radius 2 is 2.27 bits per heavy atom. The van der Waals surface area contributed by atoms with Gasteiger partial charge in [0, 0.05) is 12.8 Å². The van der Waals surface area contributed by atoms with Crippen LogP contribution in [0.5, 0.6) is 0 Å². The van der Waals surface area contributed by atoms with E-state index in [0.29, 0.717) is 6.08 Å². The molecule has 0 radical (unpaired) electrons. The average Bonchev–Trinajstić information content (AvgIpc) is 1.85. The van der Waals surface area contributed by atoms with Gasteiger partial charge in [-0.3, -0.25) is 10.1 Å².